The highest BCUT2D eigenvalue weighted by Crippen LogP contribution is 2.60. The van der Waals surface area contributed by atoms with E-state index in [0.29, 0.717) is 0 Å². The summed E-state index contributed by atoms with van der Waals surface area (Å²) in [6, 6.07) is 0. The van der Waals surface area contributed by atoms with Gasteiger partial charge in [0.1, 0.15) is 6.61 Å². The molecule has 3 saturated heterocycles. The Labute approximate surface area is 87.5 Å². The second-order valence-corrected chi connectivity index (χ2v) is 6.19. The van der Waals surface area contributed by atoms with Gasteiger partial charge in [-0.1, -0.05) is 0 Å². The molecule has 9 heteroatoms. The van der Waals surface area contributed by atoms with E-state index in [1.54, 1.807) is 0 Å². The van der Waals surface area contributed by atoms with Crippen LogP contribution < -0.4 is 0 Å². The summed E-state index contributed by atoms with van der Waals surface area (Å²) in [5.41, 5.74) is -0.532. The Morgan fingerprint density at radius 3 is 2.33 bits per heavy atom. The summed E-state index contributed by atoms with van der Waals surface area (Å²) in [6.45, 7) is 0.779. The molecule has 3 aliphatic heterocycles. The lowest BCUT2D eigenvalue weighted by Crippen LogP contribution is -2.47. The minimum absolute atomic E-state index is 0.121. The zero-order chi connectivity index (χ0) is 10.9. The predicted octanol–water partition coefficient (Wildman–Crippen LogP) is 1.48. The molecule has 3 rings (SSSR count). The van der Waals surface area contributed by atoms with E-state index < -0.39 is 21.5 Å². The van der Waals surface area contributed by atoms with Gasteiger partial charge in [0.15, 0.2) is 0 Å². The first-order chi connectivity index (χ1) is 7.08. The molecule has 0 aromatic carbocycles. The van der Waals surface area contributed by atoms with E-state index in [-0.39, 0.29) is 26.4 Å². The smallest absolute Gasteiger partial charge is 0.286 e. The molecule has 0 radical (unpaired) electrons. The van der Waals surface area contributed by atoms with E-state index in [1.807, 2.05) is 0 Å². The van der Waals surface area contributed by atoms with E-state index >= 15 is 0 Å². The molecule has 0 aliphatic carbocycles. The standard InChI is InChI=1S/C6H11O7P2/c1-9-14(7)10-2-6-3-11-15(8,12-4-6)13-5-6/h2-5H2,1H3/q+1. The second kappa shape index (κ2) is 4.18. The van der Waals surface area contributed by atoms with Crippen LogP contribution in [0.25, 0.3) is 0 Å². The van der Waals surface area contributed by atoms with E-state index in [0.717, 1.165) is 0 Å². The first kappa shape index (κ1) is 11.6. The molecule has 0 aromatic rings. The summed E-state index contributed by atoms with van der Waals surface area (Å²) < 4.78 is 46.5. The Bertz CT molecular complexity index is 285. The number of fused-ring (bicyclic) bond motifs is 3. The van der Waals surface area contributed by atoms with E-state index in [9.17, 15) is 9.13 Å². The molecule has 0 saturated carbocycles. The Hall–Kier alpha value is 0.130. The average Bonchev–Trinajstić information content (AvgIpc) is 2.28. The predicted molar refractivity (Wildman–Crippen MR) is 48.5 cm³/mol. The van der Waals surface area contributed by atoms with Crippen molar-refractivity contribution >= 4 is 16.1 Å². The van der Waals surface area contributed by atoms with E-state index in [1.165, 1.54) is 7.11 Å². The van der Waals surface area contributed by atoms with Gasteiger partial charge >= 0.3 is 16.1 Å². The van der Waals surface area contributed by atoms with Crippen molar-refractivity contribution in [1.29, 1.82) is 0 Å². The summed E-state index contributed by atoms with van der Waals surface area (Å²) in [5, 5.41) is 0. The Morgan fingerprint density at radius 1 is 1.33 bits per heavy atom. The largest absolute Gasteiger partial charge is 0.697 e. The van der Waals surface area contributed by atoms with Crippen LogP contribution in [0.4, 0.5) is 0 Å². The molecule has 15 heavy (non-hydrogen) atoms. The first-order valence-corrected chi connectivity index (χ1v) is 6.81. The number of rotatable bonds is 4. The molecule has 3 fully saturated rings. The van der Waals surface area contributed by atoms with Crippen LogP contribution in [0.1, 0.15) is 0 Å². The van der Waals surface area contributed by atoms with Crippen molar-refractivity contribution in [2.75, 3.05) is 33.5 Å². The summed E-state index contributed by atoms with van der Waals surface area (Å²) in [4.78, 5) is 0. The maximum absolute atomic E-state index is 11.4. The van der Waals surface area contributed by atoms with Gasteiger partial charge in [0.2, 0.25) is 0 Å². The topological polar surface area (TPSA) is 80.3 Å². The van der Waals surface area contributed by atoms with Gasteiger partial charge in [-0.3, -0.25) is 13.6 Å². The summed E-state index contributed by atoms with van der Waals surface area (Å²) >= 11 is 0. The van der Waals surface area contributed by atoms with Crippen molar-refractivity contribution in [1.82, 2.24) is 0 Å². The Morgan fingerprint density at radius 2 is 1.87 bits per heavy atom. The quantitative estimate of drug-likeness (QED) is 0.705. The van der Waals surface area contributed by atoms with Crippen LogP contribution in [0.2, 0.25) is 0 Å². The SMILES string of the molecule is CO[P+](=O)OCC12COP(=O)(OC1)OC2. The zero-order valence-corrected chi connectivity index (χ0v) is 9.87. The molecule has 0 N–H and O–H groups in total. The molecule has 0 aromatic heterocycles. The van der Waals surface area contributed by atoms with Gasteiger partial charge in [0, 0.05) is 4.57 Å². The number of hydrogen-bond donors (Lipinski definition) is 0. The monoisotopic (exact) mass is 257 g/mol. The number of phosphoric acid groups is 1. The first-order valence-electron chi connectivity index (χ1n) is 4.26. The van der Waals surface area contributed by atoms with Gasteiger partial charge in [-0.2, -0.15) is 0 Å². The van der Waals surface area contributed by atoms with Crippen molar-refractivity contribution in [2.45, 2.75) is 0 Å². The molecule has 1 unspecified atom stereocenters. The highest BCUT2D eigenvalue weighted by Gasteiger charge is 2.52. The van der Waals surface area contributed by atoms with Crippen LogP contribution in [0.3, 0.4) is 0 Å². The van der Waals surface area contributed by atoms with E-state index in [2.05, 4.69) is 4.52 Å². The Balaban J connectivity index is 1.92. The fraction of sp³-hybridized carbons (Fsp3) is 1.00. The van der Waals surface area contributed by atoms with Gasteiger partial charge in [-0.15, -0.1) is 9.05 Å². The van der Waals surface area contributed by atoms with Crippen molar-refractivity contribution < 1.29 is 31.7 Å². The molecule has 3 heterocycles. The molecule has 0 spiro atoms. The molecule has 0 amide bonds. The van der Waals surface area contributed by atoms with Gasteiger partial charge in [-0.25, -0.2) is 4.57 Å². The maximum Gasteiger partial charge on any atom is 0.697 e. The minimum Gasteiger partial charge on any atom is -0.286 e. The number of phosphoric ester groups is 1. The van der Waals surface area contributed by atoms with Crippen molar-refractivity contribution in [2.24, 2.45) is 5.41 Å². The molecule has 7 nitrogen and oxygen atoms in total. The van der Waals surface area contributed by atoms with Gasteiger partial charge in [0.25, 0.3) is 0 Å². The fourth-order valence-corrected chi connectivity index (χ4v) is 3.26. The average molecular weight is 257 g/mol. The molecule has 1 atom stereocenters. The minimum atomic E-state index is -3.28. The molecule has 2 bridgehead atoms. The molecule has 3 aliphatic rings. The van der Waals surface area contributed by atoms with Crippen LogP contribution in [0.5, 0.6) is 0 Å². The van der Waals surface area contributed by atoms with Crippen molar-refractivity contribution in [3.05, 3.63) is 0 Å². The highest BCUT2D eigenvalue weighted by atomic mass is 31.2. The van der Waals surface area contributed by atoms with Crippen LogP contribution in [-0.4, -0.2) is 33.5 Å². The summed E-state index contributed by atoms with van der Waals surface area (Å²) in [6.07, 6.45) is 0. The second-order valence-electron chi connectivity index (χ2n) is 3.45. The summed E-state index contributed by atoms with van der Waals surface area (Å²) in [7, 11) is -4.12. The van der Waals surface area contributed by atoms with E-state index in [4.69, 9.17) is 18.1 Å². The lowest BCUT2D eigenvalue weighted by Gasteiger charge is -2.42. The van der Waals surface area contributed by atoms with Gasteiger partial charge in [-0.05, 0) is 0 Å². The third kappa shape index (κ3) is 2.45. The van der Waals surface area contributed by atoms with Crippen molar-refractivity contribution in [3.63, 3.8) is 0 Å². The van der Waals surface area contributed by atoms with Crippen LogP contribution in [0, 0.1) is 5.41 Å². The zero-order valence-electron chi connectivity index (χ0n) is 8.08. The van der Waals surface area contributed by atoms with Gasteiger partial charge in [0.05, 0.1) is 32.3 Å². The van der Waals surface area contributed by atoms with Gasteiger partial charge < -0.3 is 0 Å². The molecular weight excluding hydrogens is 246 g/mol. The third-order valence-corrected chi connectivity index (χ3v) is 4.19. The molecule has 86 valence electrons. The van der Waals surface area contributed by atoms with Crippen LogP contribution in [0.15, 0.2) is 0 Å². The highest BCUT2D eigenvalue weighted by molar-refractivity contribution is 7.48. The number of hydrogen-bond acceptors (Lipinski definition) is 7. The third-order valence-electron chi connectivity index (χ3n) is 2.21. The normalized spacial score (nSPS) is 40.5. The lowest BCUT2D eigenvalue weighted by atomic mass is 9.93. The Kier molecular flexibility index (Phi) is 3.24. The summed E-state index contributed by atoms with van der Waals surface area (Å²) in [5.74, 6) is 0. The molecular formula is C6H11O7P2+. The lowest BCUT2D eigenvalue weighted by molar-refractivity contribution is -0.110. The fourth-order valence-electron chi connectivity index (χ4n) is 1.25. The van der Waals surface area contributed by atoms with Crippen LogP contribution >= 0.6 is 16.1 Å². The maximum atomic E-state index is 11.4. The van der Waals surface area contributed by atoms with Crippen LogP contribution in [-0.2, 0) is 31.7 Å². The van der Waals surface area contributed by atoms with Crippen molar-refractivity contribution in [3.8, 4) is 0 Å².